The molecule has 0 amide bonds. The number of hydrogen-bond donors (Lipinski definition) is 1. The van der Waals surface area contributed by atoms with E-state index in [0.717, 1.165) is 18.7 Å². The van der Waals surface area contributed by atoms with Crippen LogP contribution in [0, 0.1) is 20.8 Å². The Morgan fingerprint density at radius 3 is 2.35 bits per heavy atom. The molecule has 1 N–H and O–H groups in total. The lowest BCUT2D eigenvalue weighted by molar-refractivity contribution is 0.405. The minimum absolute atomic E-state index is 0.480. The van der Waals surface area contributed by atoms with Crippen LogP contribution in [0.4, 0.5) is 0 Å². The van der Waals surface area contributed by atoms with E-state index in [-0.39, 0.29) is 0 Å². The normalized spacial score (nSPS) is 10.7. The quantitative estimate of drug-likeness (QED) is 0.507. The van der Waals surface area contributed by atoms with Crippen LogP contribution in [0.1, 0.15) is 22.3 Å². The molecule has 2 nitrogen and oxygen atoms in total. The molecule has 1 aromatic rings. The molecule has 0 spiro atoms. The number of hydrogen-bond acceptors (Lipinski definition) is 2. The summed E-state index contributed by atoms with van der Waals surface area (Å²) in [5.74, 6) is 1.000. The molecule has 0 unspecified atom stereocenters. The van der Waals surface area contributed by atoms with Crippen LogP contribution in [-0.4, -0.2) is 19.7 Å². The highest BCUT2D eigenvalue weighted by Gasteiger charge is 2.15. The highest BCUT2D eigenvalue weighted by Crippen LogP contribution is 2.36. The van der Waals surface area contributed by atoms with Crippen molar-refractivity contribution < 1.29 is 4.74 Å². The van der Waals surface area contributed by atoms with Gasteiger partial charge in [-0.2, -0.15) is 0 Å². The summed E-state index contributed by atoms with van der Waals surface area (Å²) in [6.07, 6.45) is 0.918. The summed E-state index contributed by atoms with van der Waals surface area (Å²) >= 11 is 9.27. The van der Waals surface area contributed by atoms with Crippen molar-refractivity contribution >= 4 is 27.5 Å². The van der Waals surface area contributed by atoms with Crippen LogP contribution in [0.3, 0.4) is 0 Å². The Bertz CT molecular complexity index is 407. The molecular formula is C13H19BrClNO. The number of ether oxygens (including phenoxy) is 1. The van der Waals surface area contributed by atoms with Crippen LogP contribution in [0.5, 0.6) is 5.75 Å². The van der Waals surface area contributed by atoms with Crippen LogP contribution in [0.2, 0.25) is 0 Å². The van der Waals surface area contributed by atoms with Crippen molar-refractivity contribution in [2.24, 2.45) is 0 Å². The summed E-state index contributed by atoms with van der Waals surface area (Å²) in [5.41, 5.74) is 4.95. The first kappa shape index (κ1) is 14.8. The van der Waals surface area contributed by atoms with E-state index in [0.29, 0.717) is 6.00 Å². The molecule has 1 rings (SSSR count). The lowest BCUT2D eigenvalue weighted by Gasteiger charge is -2.18. The van der Waals surface area contributed by atoms with Gasteiger partial charge in [0.15, 0.2) is 0 Å². The maximum atomic E-state index is 5.62. The van der Waals surface area contributed by atoms with E-state index in [9.17, 15) is 0 Å². The minimum Gasteiger partial charge on any atom is -0.496 e. The monoisotopic (exact) mass is 319 g/mol. The average molecular weight is 321 g/mol. The zero-order chi connectivity index (χ0) is 13.0. The number of methoxy groups -OCH3 is 1. The van der Waals surface area contributed by atoms with Gasteiger partial charge in [-0.15, -0.1) is 11.6 Å². The van der Waals surface area contributed by atoms with Crippen molar-refractivity contribution in [3.63, 3.8) is 0 Å². The van der Waals surface area contributed by atoms with Gasteiger partial charge in [-0.1, -0.05) is 15.9 Å². The maximum Gasteiger partial charge on any atom is 0.125 e. The molecule has 0 aliphatic carbocycles. The van der Waals surface area contributed by atoms with Crippen molar-refractivity contribution in [1.82, 2.24) is 5.32 Å². The lowest BCUT2D eigenvalue weighted by Crippen LogP contribution is -2.16. The Kier molecular flexibility index (Phi) is 5.77. The SMILES string of the molecule is COc1c(C)c(C)c(Br)c(C)c1CCNCCl. The van der Waals surface area contributed by atoms with Crippen LogP contribution in [0.25, 0.3) is 0 Å². The first-order chi connectivity index (χ1) is 8.04. The summed E-state index contributed by atoms with van der Waals surface area (Å²) in [5, 5.41) is 3.12. The zero-order valence-electron chi connectivity index (χ0n) is 10.8. The molecule has 0 fully saturated rings. The fraction of sp³-hybridized carbons (Fsp3) is 0.538. The van der Waals surface area contributed by atoms with E-state index in [1.54, 1.807) is 7.11 Å². The first-order valence-electron chi connectivity index (χ1n) is 5.63. The lowest BCUT2D eigenvalue weighted by atomic mass is 9.97. The average Bonchev–Trinajstić information content (AvgIpc) is 2.33. The maximum absolute atomic E-state index is 5.62. The van der Waals surface area contributed by atoms with E-state index in [1.807, 2.05) is 0 Å². The van der Waals surface area contributed by atoms with E-state index in [2.05, 4.69) is 42.0 Å². The third-order valence-electron chi connectivity index (χ3n) is 3.14. The number of rotatable bonds is 5. The second-order valence-corrected chi connectivity index (χ2v) is 5.14. The highest BCUT2D eigenvalue weighted by molar-refractivity contribution is 9.10. The number of alkyl halides is 1. The Morgan fingerprint density at radius 1 is 1.18 bits per heavy atom. The smallest absolute Gasteiger partial charge is 0.125 e. The summed E-state index contributed by atoms with van der Waals surface area (Å²) < 4.78 is 6.72. The predicted octanol–water partition coefficient (Wildman–Crippen LogP) is 3.71. The molecular weight excluding hydrogens is 302 g/mol. The van der Waals surface area contributed by atoms with Gasteiger partial charge in [0.1, 0.15) is 5.75 Å². The third-order valence-corrected chi connectivity index (χ3v) is 4.52. The largest absolute Gasteiger partial charge is 0.496 e. The Hall–Kier alpha value is -0.250. The third kappa shape index (κ3) is 3.15. The van der Waals surface area contributed by atoms with Crippen molar-refractivity contribution in [3.8, 4) is 5.75 Å². The van der Waals surface area contributed by atoms with Crippen LogP contribution >= 0.6 is 27.5 Å². The molecule has 96 valence electrons. The van der Waals surface area contributed by atoms with Gasteiger partial charge in [-0.05, 0) is 49.4 Å². The van der Waals surface area contributed by atoms with Gasteiger partial charge in [-0.3, -0.25) is 0 Å². The van der Waals surface area contributed by atoms with E-state index in [4.69, 9.17) is 16.3 Å². The predicted molar refractivity (Wildman–Crippen MR) is 77.3 cm³/mol. The van der Waals surface area contributed by atoms with Crippen LogP contribution in [-0.2, 0) is 6.42 Å². The second-order valence-electron chi connectivity index (χ2n) is 4.08. The Morgan fingerprint density at radius 2 is 1.82 bits per heavy atom. The highest BCUT2D eigenvalue weighted by atomic mass is 79.9. The molecule has 4 heteroatoms. The standard InChI is InChI=1S/C13H19BrClNO/c1-8-9(2)13(17-4)11(5-6-16-7-15)10(3)12(8)14/h16H,5-7H2,1-4H3. The molecule has 0 saturated heterocycles. The minimum atomic E-state index is 0.480. The Balaban J connectivity index is 3.17. The first-order valence-corrected chi connectivity index (χ1v) is 6.96. The molecule has 0 aliphatic rings. The van der Waals surface area contributed by atoms with Gasteiger partial charge in [0.2, 0.25) is 0 Å². The van der Waals surface area contributed by atoms with Gasteiger partial charge in [0, 0.05) is 11.0 Å². The van der Waals surface area contributed by atoms with E-state index in [1.165, 1.54) is 26.7 Å². The van der Waals surface area contributed by atoms with Crippen LogP contribution in [0.15, 0.2) is 4.47 Å². The molecule has 17 heavy (non-hydrogen) atoms. The molecule has 1 aromatic carbocycles. The van der Waals surface area contributed by atoms with Crippen LogP contribution < -0.4 is 10.1 Å². The van der Waals surface area contributed by atoms with Gasteiger partial charge in [0.05, 0.1) is 13.1 Å². The molecule has 0 bridgehead atoms. The molecule has 0 heterocycles. The van der Waals surface area contributed by atoms with Crippen molar-refractivity contribution in [2.45, 2.75) is 27.2 Å². The fourth-order valence-corrected chi connectivity index (χ4v) is 2.67. The number of halogens is 2. The summed E-state index contributed by atoms with van der Waals surface area (Å²) in [6.45, 7) is 7.18. The molecule has 0 aromatic heterocycles. The number of nitrogens with one attached hydrogen (secondary N) is 1. The zero-order valence-corrected chi connectivity index (χ0v) is 13.1. The van der Waals surface area contributed by atoms with Crippen molar-refractivity contribution in [1.29, 1.82) is 0 Å². The molecule has 0 radical (unpaired) electrons. The topological polar surface area (TPSA) is 21.3 Å². The molecule has 0 atom stereocenters. The Labute approximate surface area is 117 Å². The summed E-state index contributed by atoms with van der Waals surface area (Å²) in [6, 6.07) is 0.480. The number of benzene rings is 1. The van der Waals surface area contributed by atoms with Gasteiger partial charge >= 0.3 is 0 Å². The second kappa shape index (κ2) is 6.62. The molecule has 0 saturated carbocycles. The van der Waals surface area contributed by atoms with E-state index < -0.39 is 0 Å². The van der Waals surface area contributed by atoms with Gasteiger partial charge < -0.3 is 10.1 Å². The van der Waals surface area contributed by atoms with Gasteiger partial charge in [0.25, 0.3) is 0 Å². The fourth-order valence-electron chi connectivity index (χ4n) is 2.00. The van der Waals surface area contributed by atoms with Gasteiger partial charge in [-0.25, -0.2) is 0 Å². The summed E-state index contributed by atoms with van der Waals surface area (Å²) in [7, 11) is 1.73. The molecule has 0 aliphatic heterocycles. The van der Waals surface area contributed by atoms with E-state index >= 15 is 0 Å². The van der Waals surface area contributed by atoms with Crippen molar-refractivity contribution in [2.75, 3.05) is 19.7 Å². The van der Waals surface area contributed by atoms with Crippen molar-refractivity contribution in [3.05, 3.63) is 26.7 Å². The summed E-state index contributed by atoms with van der Waals surface area (Å²) in [4.78, 5) is 0.